The molecule has 3 atom stereocenters. The highest BCUT2D eigenvalue weighted by Gasteiger charge is 2.32. The number of amidine groups is 2. The van der Waals surface area contributed by atoms with Gasteiger partial charge in [-0.2, -0.15) is 15.7 Å². The van der Waals surface area contributed by atoms with Crippen LogP contribution in [0.25, 0.3) is 20.9 Å². The van der Waals surface area contributed by atoms with Crippen molar-refractivity contribution in [1.82, 2.24) is 56.4 Å². The highest BCUT2D eigenvalue weighted by atomic mass is 27.2. The first kappa shape index (κ1) is 51.6. The summed E-state index contributed by atoms with van der Waals surface area (Å²) in [7, 11) is 0. The number of nitriles is 1. The van der Waals surface area contributed by atoms with E-state index in [9.17, 15) is 0 Å². The van der Waals surface area contributed by atoms with Crippen LogP contribution in [0.4, 0.5) is 0 Å². The molecule has 2 aromatic heterocycles. The Bertz CT molecular complexity index is 1940. The fourth-order valence-corrected chi connectivity index (χ4v) is 8.72. The zero-order valence-corrected chi connectivity index (χ0v) is 39.1. The number of ether oxygens (including phenoxy) is 2. The molecule has 2 aromatic carbocycles. The van der Waals surface area contributed by atoms with Gasteiger partial charge in [0.05, 0.1) is 18.2 Å². The van der Waals surface area contributed by atoms with Crippen molar-refractivity contribution in [2.75, 3.05) is 19.6 Å². The Morgan fingerprint density at radius 1 is 0.746 bits per heavy atom. The zero-order chi connectivity index (χ0) is 45.5. The lowest BCUT2D eigenvalue weighted by Crippen LogP contribution is -2.35. The number of likely N-dealkylation sites (tertiary alicyclic amines) is 2. The average molecular weight is 895 g/mol. The number of H-pyrrole nitrogens is 2. The van der Waals surface area contributed by atoms with Crippen molar-refractivity contribution in [2.24, 2.45) is 8.20 Å². The van der Waals surface area contributed by atoms with E-state index in [4.69, 9.17) is 36.6 Å². The topological polar surface area (TPSA) is 315 Å². The molecule has 0 radical (unpaired) electrons. The molecule has 0 saturated carbocycles. The van der Waals surface area contributed by atoms with E-state index < -0.39 is 28.7 Å². The monoisotopic (exact) mass is 894 g/mol. The van der Waals surface area contributed by atoms with Gasteiger partial charge < -0.3 is 24.6 Å². The fraction of sp³-hybridized carbons (Fsp3) is 0.564. The molecule has 334 valence electrons. The van der Waals surface area contributed by atoms with E-state index in [0.717, 1.165) is 89.8 Å². The Kier molecular flexibility index (Phi) is 25.5. The Morgan fingerprint density at radius 2 is 1.24 bits per heavy atom. The standard InChI is InChI=1S/C13H16N6O.C13H15N3O.C5H9N5.4C2H5.2Al.2N3/c14-13(20-9-10-5-2-1-3-6-10)19-8-4-7-11(19)12-15-17-18-16-12;14-9-12-7-4-8-16(12)13(15)17-10-11-5-2-1-3-6-11;1-2-4(6-3-1)5-7-9-10-8-5;4*1-2;;;2*1-3-2/h1-3,5-6,11,14H,4,7-9H2,(H,15,16,17,18);1-3,5-6,12,15H,4,7-8,10H2;4,6H,1-3H2,(H,7,8,9,10);4*1H2,2H3;;;;/q;;;;;;;2*+1;2*-1/t11-;12-;4-;;;;;;;;/m000......../s1. The number of aromatic nitrogens is 8. The second kappa shape index (κ2) is 31.1. The van der Waals surface area contributed by atoms with Crippen molar-refractivity contribution >= 4 is 40.8 Å². The normalized spacial score (nSPS) is 16.8. The number of nitrogens with zero attached hydrogens (tertiary/aromatic N) is 15. The summed E-state index contributed by atoms with van der Waals surface area (Å²) in [4.78, 5) is 9.14. The minimum absolute atomic E-state index is 0.0166. The molecule has 5 N–H and O–H groups in total. The molecular formula is C39H60Al2N20O2. The predicted octanol–water partition coefficient (Wildman–Crippen LogP) is 7.89. The summed E-state index contributed by atoms with van der Waals surface area (Å²) in [6.45, 7) is 11.7. The number of hydrogen-bond donors (Lipinski definition) is 5. The number of benzene rings is 2. The predicted molar refractivity (Wildman–Crippen MR) is 242 cm³/mol. The van der Waals surface area contributed by atoms with Crippen molar-refractivity contribution in [3.8, 4) is 6.07 Å². The van der Waals surface area contributed by atoms with Gasteiger partial charge in [0.15, 0.2) is 11.6 Å². The molecule has 7 rings (SSSR count). The van der Waals surface area contributed by atoms with E-state index in [1.54, 1.807) is 4.90 Å². The second-order valence-electron chi connectivity index (χ2n) is 14.5. The van der Waals surface area contributed by atoms with E-state index in [2.05, 4.69) is 98.3 Å². The molecule has 24 heteroatoms. The van der Waals surface area contributed by atoms with Gasteiger partial charge in [0.2, 0.25) is 0 Å². The van der Waals surface area contributed by atoms with E-state index in [0.29, 0.717) is 25.1 Å². The largest absolute Gasteiger partial charge is 0.460 e. The van der Waals surface area contributed by atoms with Crippen LogP contribution in [-0.4, -0.2) is 118 Å². The maximum Gasteiger partial charge on any atom is 0.386 e. The van der Waals surface area contributed by atoms with E-state index in [1.807, 2.05) is 65.6 Å². The summed E-state index contributed by atoms with van der Waals surface area (Å²) in [5.74, 6) is 1.41. The Balaban J connectivity index is 0.000000222. The summed E-state index contributed by atoms with van der Waals surface area (Å²) < 4.78 is 18.3. The molecule has 63 heavy (non-hydrogen) atoms. The third-order valence-corrected chi connectivity index (χ3v) is 15.0. The van der Waals surface area contributed by atoms with Gasteiger partial charge in [0.25, 0.3) is 12.0 Å². The molecule has 4 aromatic rings. The van der Waals surface area contributed by atoms with Crippen LogP contribution in [0, 0.1) is 22.1 Å². The van der Waals surface area contributed by atoms with Gasteiger partial charge in [-0.25, -0.2) is 8.20 Å². The lowest BCUT2D eigenvalue weighted by Gasteiger charge is -2.24. The number of azide groups is 2. The summed E-state index contributed by atoms with van der Waals surface area (Å²) in [5.41, 5.74) is 18.1. The maximum atomic E-state index is 8.93. The molecule has 3 fully saturated rings. The smallest absolute Gasteiger partial charge is 0.386 e. The number of tetrazole rings is 2. The maximum absolute atomic E-state index is 8.93. The van der Waals surface area contributed by atoms with Crippen molar-refractivity contribution in [2.45, 2.75) is 119 Å². The van der Waals surface area contributed by atoms with Crippen molar-refractivity contribution < 1.29 is 9.47 Å². The first-order valence-corrected chi connectivity index (χ1v) is 25.8. The molecule has 0 aliphatic carbocycles. The van der Waals surface area contributed by atoms with Crippen LogP contribution >= 0.6 is 0 Å². The molecule has 3 saturated heterocycles. The molecule has 22 nitrogen and oxygen atoms in total. The second-order valence-corrected chi connectivity index (χ2v) is 20.9. The van der Waals surface area contributed by atoms with Crippen LogP contribution in [-0.2, 0) is 22.7 Å². The van der Waals surface area contributed by atoms with Gasteiger partial charge in [0.1, 0.15) is 19.3 Å². The van der Waals surface area contributed by atoms with Crippen molar-refractivity contribution in [3.05, 3.63) is 104 Å². The molecule has 3 aliphatic heterocycles. The van der Waals surface area contributed by atoms with Crippen LogP contribution in [0.1, 0.15) is 101 Å². The molecule has 0 amide bonds. The van der Waals surface area contributed by atoms with Crippen LogP contribution < -0.4 is 5.32 Å². The molecule has 0 bridgehead atoms. The van der Waals surface area contributed by atoms with E-state index in [-0.39, 0.29) is 24.1 Å². The van der Waals surface area contributed by atoms with Gasteiger partial charge in [-0.15, -0.1) is 20.4 Å². The highest BCUT2D eigenvalue weighted by molar-refractivity contribution is 6.56. The Hall–Kier alpha value is -5.75. The minimum atomic E-state index is -0.984. The first-order chi connectivity index (χ1) is 30.8. The molecule has 5 heterocycles. The van der Waals surface area contributed by atoms with Crippen LogP contribution in [0.5, 0.6) is 0 Å². The summed E-state index contributed by atoms with van der Waals surface area (Å²) in [5, 5.41) is 60.2. The van der Waals surface area contributed by atoms with Crippen molar-refractivity contribution in [1.29, 1.82) is 16.1 Å². The lowest BCUT2D eigenvalue weighted by molar-refractivity contribution is 0.207. The third kappa shape index (κ3) is 19.0. The lowest BCUT2D eigenvalue weighted by atomic mass is 10.2. The summed E-state index contributed by atoms with van der Waals surface area (Å²) >= 11 is -1.97. The van der Waals surface area contributed by atoms with Crippen molar-refractivity contribution in [3.63, 3.8) is 0 Å². The van der Waals surface area contributed by atoms with Gasteiger partial charge in [-0.1, -0.05) is 120 Å². The molecule has 0 unspecified atom stereocenters. The quantitative estimate of drug-likeness (QED) is 0.0226. The fourth-order valence-electron chi connectivity index (χ4n) is 6.62. The number of nitrogens with one attached hydrogen (secondary N) is 5. The van der Waals surface area contributed by atoms with Crippen LogP contribution in [0.2, 0.25) is 21.1 Å². The Morgan fingerprint density at radius 3 is 1.67 bits per heavy atom. The van der Waals surface area contributed by atoms with Gasteiger partial charge in [-0.3, -0.25) is 10.8 Å². The van der Waals surface area contributed by atoms with Crippen LogP contribution in [0.3, 0.4) is 0 Å². The SMILES string of the molecule is C1CN[C@H](c2nn[nH]n2)C1.C[CH2][Al]([CH2]C)[N]=[N+]=[N-].C[CH2][Al]([CH2]C)[N]=[N+]=[N-].N#C[C@@H]1CCCN1C(=N)OCc1ccccc1.N=C(OCc1ccccc1)N1CCC[C@H]1c1nn[nH]n1. The molecule has 0 spiro atoms. The highest BCUT2D eigenvalue weighted by Crippen LogP contribution is 2.29. The van der Waals surface area contributed by atoms with Gasteiger partial charge in [-0.05, 0) is 77.1 Å². The van der Waals surface area contributed by atoms with Crippen LogP contribution in [0.15, 0.2) is 68.9 Å². The Labute approximate surface area is 378 Å². The summed E-state index contributed by atoms with van der Waals surface area (Å²) in [6, 6.07) is 22.2. The van der Waals surface area contributed by atoms with E-state index >= 15 is 0 Å². The van der Waals surface area contributed by atoms with Gasteiger partial charge >= 0.3 is 28.7 Å². The minimum Gasteiger partial charge on any atom is -0.460 e. The zero-order valence-electron chi connectivity index (χ0n) is 36.8. The van der Waals surface area contributed by atoms with Gasteiger partial charge in [0, 0.05) is 13.1 Å². The molecular weight excluding hydrogens is 835 g/mol. The summed E-state index contributed by atoms with van der Waals surface area (Å²) in [6.07, 6.45) is 6.02. The number of hydrogen-bond acceptors (Lipinski definition) is 14. The first-order valence-electron chi connectivity index (χ1n) is 21.5. The van der Waals surface area contributed by atoms with E-state index in [1.165, 1.54) is 6.42 Å². The average Bonchev–Trinajstić information content (AvgIpc) is 4.20. The third-order valence-electron chi connectivity index (χ3n) is 10.3. The molecule has 3 aliphatic rings. The number of aromatic amines is 2. The number of rotatable bonds is 12.